The average Bonchev–Trinajstić information content (AvgIpc) is 3.05. The third kappa shape index (κ3) is 2.24. The smallest absolute Gasteiger partial charge is 0.229 e. The van der Waals surface area contributed by atoms with Crippen molar-refractivity contribution in [3.05, 3.63) is 24.4 Å². The lowest BCUT2D eigenvalue weighted by Crippen LogP contribution is -2.04. The Balaban J connectivity index is 1.76. The van der Waals surface area contributed by atoms with Crippen molar-refractivity contribution in [2.75, 3.05) is 5.32 Å². The number of rotatable bonds is 4. The Bertz CT molecular complexity index is 687. The van der Waals surface area contributed by atoms with Crippen molar-refractivity contribution in [1.82, 2.24) is 30.1 Å². The summed E-state index contributed by atoms with van der Waals surface area (Å²) in [6, 6.07) is 0. The molecule has 0 atom stereocenters. The van der Waals surface area contributed by atoms with E-state index in [1.165, 1.54) is 6.33 Å². The molecule has 3 aromatic heterocycles. The van der Waals surface area contributed by atoms with Gasteiger partial charge in [0.05, 0.1) is 12.9 Å². The van der Waals surface area contributed by atoms with Gasteiger partial charge in [0.1, 0.15) is 11.8 Å². The van der Waals surface area contributed by atoms with Gasteiger partial charge in [0, 0.05) is 5.92 Å². The largest absolute Gasteiger partial charge is 0.361 e. The van der Waals surface area contributed by atoms with Gasteiger partial charge in [-0.1, -0.05) is 19.0 Å². The highest BCUT2D eigenvalue weighted by Gasteiger charge is 2.11. The summed E-state index contributed by atoms with van der Waals surface area (Å²) in [6.07, 6.45) is 3.04. The van der Waals surface area contributed by atoms with Crippen molar-refractivity contribution < 1.29 is 4.52 Å². The molecule has 2 N–H and O–H groups in total. The Hall–Kier alpha value is -2.51. The summed E-state index contributed by atoms with van der Waals surface area (Å²) in [4.78, 5) is 19.5. The average molecular weight is 259 g/mol. The lowest BCUT2D eigenvalue weighted by atomic mass is 10.2. The minimum Gasteiger partial charge on any atom is -0.361 e. The number of fused-ring (bicyclic) bond motifs is 1. The fraction of sp³-hybridized carbons (Fsp3) is 0.364. The molecule has 0 fully saturated rings. The first-order chi connectivity index (χ1) is 9.24. The zero-order valence-electron chi connectivity index (χ0n) is 10.6. The molecule has 3 heterocycles. The summed E-state index contributed by atoms with van der Waals surface area (Å²) in [6.45, 7) is 4.44. The van der Waals surface area contributed by atoms with Crippen LogP contribution in [0.3, 0.4) is 0 Å². The van der Waals surface area contributed by atoms with E-state index in [4.69, 9.17) is 4.52 Å². The lowest BCUT2D eigenvalue weighted by molar-refractivity contribution is 0.361. The molecule has 0 spiro atoms. The molecule has 0 bridgehead atoms. The Morgan fingerprint density at radius 2 is 2.21 bits per heavy atom. The van der Waals surface area contributed by atoms with E-state index in [-0.39, 0.29) is 5.92 Å². The first kappa shape index (κ1) is 11.6. The molecule has 3 rings (SSSR count). The summed E-state index contributed by atoms with van der Waals surface area (Å²) >= 11 is 0. The monoisotopic (exact) mass is 259 g/mol. The van der Waals surface area contributed by atoms with Crippen LogP contribution < -0.4 is 5.32 Å². The van der Waals surface area contributed by atoms with E-state index >= 15 is 0 Å². The van der Waals surface area contributed by atoms with Crippen LogP contribution in [0.5, 0.6) is 0 Å². The summed E-state index contributed by atoms with van der Waals surface area (Å²) in [5.41, 5.74) is 1.38. The van der Waals surface area contributed by atoms with E-state index in [0.29, 0.717) is 29.7 Å². The zero-order valence-corrected chi connectivity index (χ0v) is 10.6. The molecule has 8 heteroatoms. The van der Waals surface area contributed by atoms with Crippen molar-refractivity contribution in [3.8, 4) is 0 Å². The van der Waals surface area contributed by atoms with Gasteiger partial charge >= 0.3 is 0 Å². The Labute approximate surface area is 108 Å². The van der Waals surface area contributed by atoms with Crippen molar-refractivity contribution in [3.63, 3.8) is 0 Å². The molecule has 0 aliphatic heterocycles. The number of nitrogens with one attached hydrogen (secondary N) is 2. The molecule has 0 unspecified atom stereocenters. The molecular weight excluding hydrogens is 246 g/mol. The van der Waals surface area contributed by atoms with Gasteiger partial charge in [0.15, 0.2) is 17.3 Å². The number of nitrogens with zero attached hydrogens (tertiary/aromatic N) is 5. The van der Waals surface area contributed by atoms with Crippen LogP contribution in [0.1, 0.15) is 31.5 Å². The molecule has 8 nitrogen and oxygen atoms in total. The van der Waals surface area contributed by atoms with Gasteiger partial charge in [-0.25, -0.2) is 15.0 Å². The van der Waals surface area contributed by atoms with Gasteiger partial charge in [-0.05, 0) is 0 Å². The summed E-state index contributed by atoms with van der Waals surface area (Å²) in [7, 11) is 0. The number of H-pyrrole nitrogens is 1. The quantitative estimate of drug-likeness (QED) is 0.730. The maximum atomic E-state index is 5.13. The number of aromatic nitrogens is 6. The van der Waals surface area contributed by atoms with Crippen LogP contribution in [-0.2, 0) is 6.54 Å². The summed E-state index contributed by atoms with van der Waals surface area (Å²) in [5, 5.41) is 7.04. The van der Waals surface area contributed by atoms with Crippen LogP contribution in [0.4, 0.5) is 5.82 Å². The van der Waals surface area contributed by atoms with E-state index in [0.717, 1.165) is 5.52 Å². The van der Waals surface area contributed by atoms with E-state index in [1.54, 1.807) is 6.33 Å². The number of aromatic amines is 1. The Kier molecular flexibility index (Phi) is 2.82. The van der Waals surface area contributed by atoms with Crippen LogP contribution in [0, 0.1) is 0 Å². The normalized spacial score (nSPS) is 11.3. The van der Waals surface area contributed by atoms with E-state index in [1.807, 2.05) is 13.8 Å². The van der Waals surface area contributed by atoms with Crippen molar-refractivity contribution in [2.24, 2.45) is 0 Å². The molecule has 0 aliphatic rings. The van der Waals surface area contributed by atoms with E-state index < -0.39 is 0 Å². The lowest BCUT2D eigenvalue weighted by Gasteiger charge is -2.02. The van der Waals surface area contributed by atoms with Crippen molar-refractivity contribution >= 4 is 17.0 Å². The maximum Gasteiger partial charge on any atom is 0.229 e. The third-order valence-corrected chi connectivity index (χ3v) is 2.61. The van der Waals surface area contributed by atoms with Gasteiger partial charge in [-0.15, -0.1) is 0 Å². The fourth-order valence-corrected chi connectivity index (χ4v) is 1.64. The fourth-order valence-electron chi connectivity index (χ4n) is 1.64. The molecule has 0 saturated heterocycles. The number of hydrogen-bond acceptors (Lipinski definition) is 7. The maximum absolute atomic E-state index is 5.13. The van der Waals surface area contributed by atoms with E-state index in [9.17, 15) is 0 Å². The molecule has 0 radical (unpaired) electrons. The number of anilines is 1. The van der Waals surface area contributed by atoms with Crippen LogP contribution in [0.2, 0.25) is 0 Å². The van der Waals surface area contributed by atoms with Gasteiger partial charge in [0.25, 0.3) is 0 Å². The minimum absolute atomic E-state index is 0.222. The number of imidazole rings is 1. The third-order valence-electron chi connectivity index (χ3n) is 2.61. The second-order valence-corrected chi connectivity index (χ2v) is 4.38. The second kappa shape index (κ2) is 4.63. The van der Waals surface area contributed by atoms with Gasteiger partial charge in [0.2, 0.25) is 5.89 Å². The van der Waals surface area contributed by atoms with Gasteiger partial charge < -0.3 is 14.8 Å². The first-order valence-corrected chi connectivity index (χ1v) is 5.94. The minimum atomic E-state index is 0.222. The molecule has 3 aromatic rings. The molecule has 19 heavy (non-hydrogen) atoms. The molecular formula is C11H13N7O. The molecule has 98 valence electrons. The Morgan fingerprint density at radius 3 is 3.00 bits per heavy atom. The van der Waals surface area contributed by atoms with Crippen LogP contribution in [0.15, 0.2) is 17.2 Å². The first-order valence-electron chi connectivity index (χ1n) is 5.94. The molecule has 0 aromatic carbocycles. The predicted molar refractivity (Wildman–Crippen MR) is 67.4 cm³/mol. The highest BCUT2D eigenvalue weighted by atomic mass is 16.5. The predicted octanol–water partition coefficient (Wildman–Crippen LogP) is 1.47. The van der Waals surface area contributed by atoms with Crippen LogP contribution in [-0.4, -0.2) is 30.1 Å². The number of hydrogen-bond donors (Lipinski definition) is 2. The molecule has 0 aliphatic carbocycles. The second-order valence-electron chi connectivity index (χ2n) is 4.38. The van der Waals surface area contributed by atoms with Crippen molar-refractivity contribution in [2.45, 2.75) is 26.3 Å². The van der Waals surface area contributed by atoms with Crippen molar-refractivity contribution in [1.29, 1.82) is 0 Å². The summed E-state index contributed by atoms with van der Waals surface area (Å²) < 4.78 is 5.13. The van der Waals surface area contributed by atoms with Crippen LogP contribution >= 0.6 is 0 Å². The summed E-state index contributed by atoms with van der Waals surface area (Å²) in [5.74, 6) is 2.11. The van der Waals surface area contributed by atoms with Gasteiger partial charge in [-0.2, -0.15) is 4.98 Å². The highest BCUT2D eigenvalue weighted by molar-refractivity contribution is 5.81. The SMILES string of the molecule is CC(C)c1nc(CNc2ncnc3nc[nH]c23)no1. The zero-order chi connectivity index (χ0) is 13.2. The van der Waals surface area contributed by atoms with Crippen LogP contribution in [0.25, 0.3) is 11.2 Å². The standard InChI is InChI=1S/C11H13N7O/c1-6(2)11-17-7(18-19-11)3-12-9-8-10(14-4-13-8)16-5-15-9/h4-6H,3H2,1-2H3,(H2,12,13,14,15,16). The highest BCUT2D eigenvalue weighted by Crippen LogP contribution is 2.15. The van der Waals surface area contributed by atoms with Gasteiger partial charge in [-0.3, -0.25) is 0 Å². The molecule has 0 amide bonds. The molecule has 0 saturated carbocycles. The topological polar surface area (TPSA) is 105 Å². The van der Waals surface area contributed by atoms with E-state index in [2.05, 4.69) is 35.4 Å². The Morgan fingerprint density at radius 1 is 1.32 bits per heavy atom.